The van der Waals surface area contributed by atoms with Gasteiger partial charge in [0.15, 0.2) is 5.69 Å². The highest BCUT2D eigenvalue weighted by Gasteiger charge is 2.15. The van der Waals surface area contributed by atoms with Crippen LogP contribution in [0.15, 0.2) is 29.0 Å². The summed E-state index contributed by atoms with van der Waals surface area (Å²) in [7, 11) is 0. The van der Waals surface area contributed by atoms with Gasteiger partial charge in [-0.3, -0.25) is 4.79 Å². The quantitative estimate of drug-likeness (QED) is 0.728. The minimum absolute atomic E-state index is 0.123. The van der Waals surface area contributed by atoms with Crippen molar-refractivity contribution in [2.24, 2.45) is 0 Å². The first-order valence-corrected chi connectivity index (χ1v) is 8.08. The molecular formula is C17H24N4O2. The Morgan fingerprint density at radius 2 is 2.17 bits per heavy atom. The number of hydrogen-bond acceptors (Lipinski definition) is 5. The number of carbonyl (C=O) groups is 1. The number of rotatable bonds is 8. The Morgan fingerprint density at radius 3 is 2.87 bits per heavy atom. The van der Waals surface area contributed by atoms with E-state index in [4.69, 9.17) is 10.2 Å². The number of aromatic nitrogens is 2. The van der Waals surface area contributed by atoms with E-state index >= 15 is 0 Å². The summed E-state index contributed by atoms with van der Waals surface area (Å²) in [4.78, 5) is 20.4. The zero-order chi connectivity index (χ0) is 16.7. The molecule has 124 valence electrons. The molecule has 0 aliphatic rings. The lowest BCUT2D eigenvalue weighted by atomic mass is 10.1. The van der Waals surface area contributed by atoms with Crippen LogP contribution in [0.5, 0.6) is 0 Å². The monoisotopic (exact) mass is 316 g/mol. The smallest absolute Gasteiger partial charge is 0.273 e. The van der Waals surface area contributed by atoms with Gasteiger partial charge in [-0.05, 0) is 25.5 Å². The molecule has 1 amide bonds. The zero-order valence-electron chi connectivity index (χ0n) is 13.7. The zero-order valence-corrected chi connectivity index (χ0v) is 13.7. The van der Waals surface area contributed by atoms with Crippen LogP contribution in [-0.4, -0.2) is 21.9 Å². The van der Waals surface area contributed by atoms with Crippen molar-refractivity contribution in [1.29, 1.82) is 0 Å². The molecule has 0 aliphatic heterocycles. The molecule has 0 saturated heterocycles. The molecule has 2 aromatic rings. The topological polar surface area (TPSA) is 94.0 Å². The Balaban J connectivity index is 1.89. The molecule has 3 N–H and O–H groups in total. The average molecular weight is 316 g/mol. The Labute approximate surface area is 136 Å². The molecule has 2 rings (SSSR count). The predicted molar refractivity (Wildman–Crippen MR) is 89.8 cm³/mol. The summed E-state index contributed by atoms with van der Waals surface area (Å²) in [5, 5.41) is 2.95. The fourth-order valence-electron chi connectivity index (χ4n) is 2.29. The van der Waals surface area contributed by atoms with Crippen molar-refractivity contribution < 1.29 is 9.21 Å². The van der Waals surface area contributed by atoms with Gasteiger partial charge in [-0.15, -0.1) is 0 Å². The van der Waals surface area contributed by atoms with Crippen molar-refractivity contribution >= 4 is 11.7 Å². The normalized spacial score (nSPS) is 12.1. The van der Waals surface area contributed by atoms with Crippen molar-refractivity contribution in [2.75, 3.05) is 5.73 Å². The second-order valence-corrected chi connectivity index (χ2v) is 5.73. The molecule has 1 unspecified atom stereocenters. The number of oxazole rings is 1. The average Bonchev–Trinajstić information content (AvgIpc) is 3.02. The number of unbranched alkanes of at least 4 members (excludes halogenated alkanes) is 3. The van der Waals surface area contributed by atoms with Crippen molar-refractivity contribution in [3.63, 3.8) is 0 Å². The second-order valence-electron chi connectivity index (χ2n) is 5.73. The van der Waals surface area contributed by atoms with Crippen LogP contribution < -0.4 is 11.1 Å². The Morgan fingerprint density at radius 1 is 1.35 bits per heavy atom. The van der Waals surface area contributed by atoms with Gasteiger partial charge in [-0.25, -0.2) is 9.97 Å². The number of carbonyl (C=O) groups excluding carboxylic acids is 1. The van der Waals surface area contributed by atoms with E-state index in [9.17, 15) is 4.79 Å². The molecule has 23 heavy (non-hydrogen) atoms. The summed E-state index contributed by atoms with van der Waals surface area (Å²) in [5.41, 5.74) is 6.51. The summed E-state index contributed by atoms with van der Waals surface area (Å²) >= 11 is 0. The van der Waals surface area contributed by atoms with Crippen LogP contribution >= 0.6 is 0 Å². The Hall–Kier alpha value is -2.37. The molecule has 0 radical (unpaired) electrons. The molecule has 0 aromatic carbocycles. The molecule has 0 spiro atoms. The lowest BCUT2D eigenvalue weighted by molar-refractivity contribution is 0.0933. The van der Waals surface area contributed by atoms with Crippen molar-refractivity contribution in [3.8, 4) is 11.5 Å². The molecular weight excluding hydrogens is 292 g/mol. The maximum atomic E-state index is 12.2. The minimum atomic E-state index is -0.216. The van der Waals surface area contributed by atoms with Crippen molar-refractivity contribution in [2.45, 2.75) is 52.0 Å². The van der Waals surface area contributed by atoms with Crippen LogP contribution in [0.1, 0.15) is 56.4 Å². The van der Waals surface area contributed by atoms with Crippen LogP contribution in [0.4, 0.5) is 5.82 Å². The van der Waals surface area contributed by atoms with Crippen LogP contribution in [0.2, 0.25) is 0 Å². The third kappa shape index (κ3) is 5.09. The number of anilines is 1. The minimum Gasteiger partial charge on any atom is -0.444 e. The molecule has 0 aliphatic carbocycles. The highest BCUT2D eigenvalue weighted by Crippen LogP contribution is 2.18. The molecule has 6 heteroatoms. The van der Waals surface area contributed by atoms with Gasteiger partial charge in [0, 0.05) is 12.2 Å². The van der Waals surface area contributed by atoms with Gasteiger partial charge in [0.1, 0.15) is 12.1 Å². The van der Waals surface area contributed by atoms with Crippen LogP contribution in [-0.2, 0) is 0 Å². The van der Waals surface area contributed by atoms with Crippen molar-refractivity contribution in [3.05, 3.63) is 30.3 Å². The second kappa shape index (κ2) is 8.31. The standard InChI is InChI=1S/C17H24N4O2/c1-3-4-5-6-7-12(2)20-16(22)14-11-23-17(21-14)13-8-9-15(18)19-10-13/h8-12H,3-7H2,1-2H3,(H2,18,19)(H,20,22). The van der Waals surface area contributed by atoms with Gasteiger partial charge in [-0.2, -0.15) is 0 Å². The molecule has 0 saturated carbocycles. The number of pyridine rings is 1. The number of nitrogens with zero attached hydrogens (tertiary/aromatic N) is 2. The summed E-state index contributed by atoms with van der Waals surface area (Å²) in [5.74, 6) is 0.569. The number of nitrogens with one attached hydrogen (secondary N) is 1. The van der Waals surface area contributed by atoms with Gasteiger partial charge >= 0.3 is 0 Å². The van der Waals surface area contributed by atoms with E-state index in [2.05, 4.69) is 22.2 Å². The lowest BCUT2D eigenvalue weighted by Gasteiger charge is -2.12. The van der Waals surface area contributed by atoms with E-state index in [0.29, 0.717) is 17.3 Å². The van der Waals surface area contributed by atoms with Crippen LogP contribution in [0, 0.1) is 0 Å². The van der Waals surface area contributed by atoms with E-state index in [1.54, 1.807) is 18.3 Å². The van der Waals surface area contributed by atoms with Crippen LogP contribution in [0.25, 0.3) is 11.5 Å². The lowest BCUT2D eigenvalue weighted by Crippen LogP contribution is -2.32. The van der Waals surface area contributed by atoms with E-state index in [0.717, 1.165) is 12.8 Å². The van der Waals surface area contributed by atoms with Crippen molar-refractivity contribution in [1.82, 2.24) is 15.3 Å². The van der Waals surface area contributed by atoms with Gasteiger partial charge in [-0.1, -0.05) is 32.6 Å². The summed E-state index contributed by atoms with van der Waals surface area (Å²) < 4.78 is 5.35. The fourth-order valence-corrected chi connectivity index (χ4v) is 2.29. The van der Waals surface area contributed by atoms with Gasteiger partial charge in [0.05, 0.1) is 5.56 Å². The third-order valence-corrected chi connectivity index (χ3v) is 3.64. The number of nitrogens with two attached hydrogens (primary N) is 1. The van der Waals surface area contributed by atoms with E-state index < -0.39 is 0 Å². The Bertz CT molecular complexity index is 622. The molecule has 6 nitrogen and oxygen atoms in total. The maximum absolute atomic E-state index is 12.2. The maximum Gasteiger partial charge on any atom is 0.273 e. The van der Waals surface area contributed by atoms with Gasteiger partial charge in [0.2, 0.25) is 5.89 Å². The molecule has 0 fully saturated rings. The Kier molecular flexibility index (Phi) is 6.14. The summed E-state index contributed by atoms with van der Waals surface area (Å²) in [6.45, 7) is 4.19. The molecule has 2 aromatic heterocycles. The highest BCUT2D eigenvalue weighted by molar-refractivity contribution is 5.92. The molecule has 2 heterocycles. The number of hydrogen-bond donors (Lipinski definition) is 2. The van der Waals surface area contributed by atoms with Gasteiger partial charge in [0.25, 0.3) is 5.91 Å². The van der Waals surface area contributed by atoms with E-state index in [1.807, 2.05) is 6.92 Å². The third-order valence-electron chi connectivity index (χ3n) is 3.64. The number of nitrogen functional groups attached to an aromatic ring is 1. The van der Waals surface area contributed by atoms with Crippen LogP contribution in [0.3, 0.4) is 0 Å². The highest BCUT2D eigenvalue weighted by atomic mass is 16.3. The number of amides is 1. The first kappa shape index (κ1) is 17.0. The predicted octanol–water partition coefficient (Wildman–Crippen LogP) is 3.41. The largest absolute Gasteiger partial charge is 0.444 e. The molecule has 1 atom stereocenters. The summed E-state index contributed by atoms with van der Waals surface area (Å²) in [6.07, 6.45) is 8.68. The molecule has 0 bridgehead atoms. The van der Waals surface area contributed by atoms with E-state index in [-0.39, 0.29) is 17.6 Å². The van der Waals surface area contributed by atoms with E-state index in [1.165, 1.54) is 25.5 Å². The van der Waals surface area contributed by atoms with Gasteiger partial charge < -0.3 is 15.5 Å². The fraction of sp³-hybridized carbons (Fsp3) is 0.471. The first-order chi connectivity index (χ1) is 11.1. The first-order valence-electron chi connectivity index (χ1n) is 8.08. The SMILES string of the molecule is CCCCCCC(C)NC(=O)c1coc(-c2ccc(N)nc2)n1. The summed E-state index contributed by atoms with van der Waals surface area (Å²) in [6, 6.07) is 3.54.